The molecule has 0 aliphatic rings. The number of nitrogens with two attached hydrogens (primary N) is 1. The highest BCUT2D eigenvalue weighted by atomic mass is 35.5. The van der Waals surface area contributed by atoms with Crippen molar-refractivity contribution in [1.82, 2.24) is 9.78 Å². The fraction of sp³-hybridized carbons (Fsp3) is 0.129. The predicted octanol–water partition coefficient (Wildman–Crippen LogP) is 7.27. The first-order valence-corrected chi connectivity index (χ1v) is 13.4. The standard InChI is InChI=1S/C31H25ClF3N5O4/c1-17-13-20(38-30(42)27-12-11-26(44-27)23-14-19(31(33,34)35)5-10-24(23)32)6-9-22(17)29(41)39-25-15-37-40(28(25)36)16-18-3-7-21(43-2)8-4-18/h3-15H,16,36H2,1-2H3,(H,38,42)(H,39,41). The molecule has 9 nitrogen and oxygen atoms in total. The van der Waals surface area contributed by atoms with Crippen LogP contribution >= 0.6 is 11.6 Å². The van der Waals surface area contributed by atoms with Gasteiger partial charge in [0.15, 0.2) is 5.76 Å². The van der Waals surface area contributed by atoms with E-state index in [9.17, 15) is 22.8 Å². The SMILES string of the molecule is COc1ccc(Cn2ncc(NC(=O)c3ccc(NC(=O)c4ccc(-c5cc(C(F)(F)F)ccc5Cl)o4)cc3C)c2N)cc1. The molecule has 0 fully saturated rings. The number of hydrogen-bond acceptors (Lipinski definition) is 6. The molecule has 2 heterocycles. The van der Waals surface area contributed by atoms with Crippen molar-refractivity contribution in [3.8, 4) is 17.1 Å². The molecule has 2 amide bonds. The van der Waals surface area contributed by atoms with Crippen LogP contribution in [0.1, 0.15) is 37.6 Å². The number of hydrogen-bond donors (Lipinski definition) is 3. The van der Waals surface area contributed by atoms with Crippen LogP contribution in [0.15, 0.2) is 83.4 Å². The van der Waals surface area contributed by atoms with E-state index in [-0.39, 0.29) is 27.9 Å². The number of carbonyl (C=O) groups is 2. The number of halogens is 4. The summed E-state index contributed by atoms with van der Waals surface area (Å²) in [5.74, 6) is -0.209. The Morgan fingerprint density at radius 3 is 2.43 bits per heavy atom. The Kier molecular flexibility index (Phi) is 8.36. The van der Waals surface area contributed by atoms with Gasteiger partial charge in [-0.2, -0.15) is 18.3 Å². The average molecular weight is 624 g/mol. The van der Waals surface area contributed by atoms with Gasteiger partial charge in [-0.05, 0) is 78.7 Å². The van der Waals surface area contributed by atoms with Crippen molar-refractivity contribution in [3.63, 3.8) is 0 Å². The Bertz CT molecular complexity index is 1850. The first kappa shape index (κ1) is 30.2. The quantitative estimate of drug-likeness (QED) is 0.167. The van der Waals surface area contributed by atoms with E-state index in [4.69, 9.17) is 26.5 Å². The zero-order valence-corrected chi connectivity index (χ0v) is 24.1. The van der Waals surface area contributed by atoms with E-state index in [1.54, 1.807) is 24.8 Å². The number of alkyl halides is 3. The van der Waals surface area contributed by atoms with E-state index in [0.717, 1.165) is 29.5 Å². The number of benzene rings is 3. The van der Waals surface area contributed by atoms with Crippen LogP contribution in [0.25, 0.3) is 11.3 Å². The van der Waals surface area contributed by atoms with Gasteiger partial charge in [0.2, 0.25) is 0 Å². The molecule has 0 atom stereocenters. The number of aryl methyl sites for hydroxylation is 1. The molecule has 0 aliphatic carbocycles. The van der Waals surface area contributed by atoms with Gasteiger partial charge < -0.3 is 25.5 Å². The van der Waals surface area contributed by atoms with Gasteiger partial charge in [-0.1, -0.05) is 23.7 Å². The smallest absolute Gasteiger partial charge is 0.416 e. The van der Waals surface area contributed by atoms with Gasteiger partial charge in [0.05, 0.1) is 30.4 Å². The summed E-state index contributed by atoms with van der Waals surface area (Å²) in [5, 5.41) is 9.73. The van der Waals surface area contributed by atoms with Crippen molar-refractivity contribution >= 4 is 40.6 Å². The van der Waals surface area contributed by atoms with E-state index in [2.05, 4.69) is 15.7 Å². The lowest BCUT2D eigenvalue weighted by Crippen LogP contribution is -2.16. The molecule has 44 heavy (non-hydrogen) atoms. The van der Waals surface area contributed by atoms with E-state index in [0.29, 0.717) is 29.0 Å². The van der Waals surface area contributed by atoms with Crippen LogP contribution in [0.2, 0.25) is 5.02 Å². The number of nitrogens with one attached hydrogen (secondary N) is 2. The van der Waals surface area contributed by atoms with Crippen molar-refractivity contribution in [2.45, 2.75) is 19.6 Å². The van der Waals surface area contributed by atoms with Crippen molar-refractivity contribution < 1.29 is 31.9 Å². The summed E-state index contributed by atoms with van der Waals surface area (Å²) in [7, 11) is 1.59. The summed E-state index contributed by atoms with van der Waals surface area (Å²) < 4.78 is 51.7. The van der Waals surface area contributed by atoms with Gasteiger partial charge in [0.25, 0.3) is 11.8 Å². The summed E-state index contributed by atoms with van der Waals surface area (Å²) in [6, 6.07) is 17.6. The Hall–Kier alpha value is -5.23. The molecule has 4 N–H and O–H groups in total. The molecule has 13 heteroatoms. The molecule has 0 unspecified atom stereocenters. The number of anilines is 3. The number of rotatable bonds is 8. The fourth-order valence-corrected chi connectivity index (χ4v) is 4.61. The lowest BCUT2D eigenvalue weighted by molar-refractivity contribution is -0.137. The Morgan fingerprint density at radius 2 is 1.75 bits per heavy atom. The molecule has 2 aromatic heterocycles. The number of carbonyl (C=O) groups excluding carboxylic acids is 2. The third kappa shape index (κ3) is 6.55. The molecule has 0 saturated carbocycles. The van der Waals surface area contributed by atoms with Crippen LogP contribution in [-0.2, 0) is 12.7 Å². The van der Waals surface area contributed by atoms with E-state index in [1.165, 1.54) is 30.5 Å². The first-order chi connectivity index (χ1) is 20.9. The molecule has 5 rings (SSSR count). The van der Waals surface area contributed by atoms with Crippen LogP contribution in [-0.4, -0.2) is 28.7 Å². The minimum atomic E-state index is -4.57. The topological polar surface area (TPSA) is 124 Å². The highest BCUT2D eigenvalue weighted by Gasteiger charge is 2.31. The summed E-state index contributed by atoms with van der Waals surface area (Å²) in [6.07, 6.45) is -3.11. The van der Waals surface area contributed by atoms with E-state index in [1.807, 2.05) is 24.3 Å². The van der Waals surface area contributed by atoms with Crippen molar-refractivity contribution in [3.05, 3.63) is 112 Å². The van der Waals surface area contributed by atoms with Crippen LogP contribution < -0.4 is 21.1 Å². The summed E-state index contributed by atoms with van der Waals surface area (Å²) in [4.78, 5) is 25.8. The van der Waals surface area contributed by atoms with Gasteiger partial charge >= 0.3 is 6.18 Å². The Balaban J connectivity index is 1.24. The molecule has 0 aliphatic heterocycles. The number of nitrogens with zero attached hydrogens (tertiary/aromatic N) is 2. The zero-order valence-electron chi connectivity index (χ0n) is 23.3. The highest BCUT2D eigenvalue weighted by molar-refractivity contribution is 6.33. The summed E-state index contributed by atoms with van der Waals surface area (Å²) in [5.41, 5.74) is 7.87. The lowest BCUT2D eigenvalue weighted by atomic mass is 10.1. The highest BCUT2D eigenvalue weighted by Crippen LogP contribution is 2.36. The van der Waals surface area contributed by atoms with Crippen LogP contribution in [0.4, 0.5) is 30.4 Å². The second-order valence-corrected chi connectivity index (χ2v) is 10.2. The third-order valence-corrected chi connectivity index (χ3v) is 7.07. The maximum absolute atomic E-state index is 13.1. The molecule has 0 bridgehead atoms. The van der Waals surface area contributed by atoms with Crippen LogP contribution in [0.3, 0.4) is 0 Å². The molecule has 5 aromatic rings. The lowest BCUT2D eigenvalue weighted by Gasteiger charge is -2.11. The molecule has 0 radical (unpaired) electrons. The minimum absolute atomic E-state index is 0.000967. The van der Waals surface area contributed by atoms with E-state index >= 15 is 0 Å². The number of amides is 2. The number of aromatic nitrogens is 2. The second kappa shape index (κ2) is 12.2. The Labute approximate surface area is 254 Å². The monoisotopic (exact) mass is 623 g/mol. The molecular formula is C31H25ClF3N5O4. The van der Waals surface area contributed by atoms with Gasteiger partial charge in [0, 0.05) is 16.8 Å². The third-order valence-electron chi connectivity index (χ3n) is 6.74. The van der Waals surface area contributed by atoms with Crippen molar-refractivity contribution in [2.75, 3.05) is 23.5 Å². The van der Waals surface area contributed by atoms with Crippen molar-refractivity contribution in [1.29, 1.82) is 0 Å². The normalized spacial score (nSPS) is 11.3. The number of furan rings is 1. The van der Waals surface area contributed by atoms with Crippen LogP contribution in [0, 0.1) is 6.92 Å². The Morgan fingerprint density at radius 1 is 1.00 bits per heavy atom. The largest absolute Gasteiger partial charge is 0.497 e. The minimum Gasteiger partial charge on any atom is -0.497 e. The van der Waals surface area contributed by atoms with Gasteiger partial charge in [0.1, 0.15) is 23.0 Å². The van der Waals surface area contributed by atoms with E-state index < -0.39 is 23.6 Å². The summed E-state index contributed by atoms with van der Waals surface area (Å²) >= 11 is 6.08. The molecule has 0 spiro atoms. The number of ether oxygens (including phenoxy) is 1. The second-order valence-electron chi connectivity index (χ2n) is 9.74. The van der Waals surface area contributed by atoms with Crippen molar-refractivity contribution in [2.24, 2.45) is 0 Å². The molecule has 226 valence electrons. The van der Waals surface area contributed by atoms with Gasteiger partial charge in [-0.25, -0.2) is 4.68 Å². The number of methoxy groups -OCH3 is 1. The van der Waals surface area contributed by atoms with Gasteiger partial charge in [-0.15, -0.1) is 0 Å². The summed E-state index contributed by atoms with van der Waals surface area (Å²) in [6.45, 7) is 2.09. The first-order valence-electron chi connectivity index (χ1n) is 13.1. The van der Waals surface area contributed by atoms with Crippen LogP contribution in [0.5, 0.6) is 5.75 Å². The zero-order chi connectivity index (χ0) is 31.6. The number of nitrogen functional groups attached to an aromatic ring is 1. The molecule has 3 aromatic carbocycles. The average Bonchev–Trinajstić information content (AvgIpc) is 3.61. The molecule has 0 saturated heterocycles. The molecular weight excluding hydrogens is 599 g/mol. The predicted molar refractivity (Wildman–Crippen MR) is 160 cm³/mol. The maximum atomic E-state index is 13.1. The maximum Gasteiger partial charge on any atom is 0.416 e. The van der Waals surface area contributed by atoms with Gasteiger partial charge in [-0.3, -0.25) is 9.59 Å². The fourth-order valence-electron chi connectivity index (χ4n) is 4.39.